The number of aromatic amines is 1. The molecular formula is C22H19Cl2N5O2. The molecule has 1 fully saturated rings. The van der Waals surface area contributed by atoms with Gasteiger partial charge in [-0.3, -0.25) is 0 Å². The molecule has 5 rings (SSSR count). The Labute approximate surface area is 188 Å². The molecule has 7 nitrogen and oxygen atoms in total. The van der Waals surface area contributed by atoms with Gasteiger partial charge in [0.25, 0.3) is 0 Å². The highest BCUT2D eigenvalue weighted by Gasteiger charge is 2.17. The summed E-state index contributed by atoms with van der Waals surface area (Å²) in [5, 5.41) is 7.59. The molecule has 4 aromatic rings. The molecule has 0 unspecified atom stereocenters. The Morgan fingerprint density at radius 2 is 1.94 bits per heavy atom. The zero-order valence-corrected chi connectivity index (χ0v) is 17.9. The summed E-state index contributed by atoms with van der Waals surface area (Å²) in [6.07, 6.45) is 1.50. The number of aromatic nitrogens is 3. The number of ether oxygens (including phenoxy) is 2. The highest BCUT2D eigenvalue weighted by atomic mass is 35.5. The van der Waals surface area contributed by atoms with Gasteiger partial charge in [0.15, 0.2) is 0 Å². The number of pyridine rings is 1. The van der Waals surface area contributed by atoms with E-state index in [1.54, 1.807) is 6.07 Å². The molecule has 2 aromatic carbocycles. The zero-order valence-electron chi connectivity index (χ0n) is 16.4. The molecule has 0 spiro atoms. The van der Waals surface area contributed by atoms with E-state index < -0.39 is 0 Å². The summed E-state index contributed by atoms with van der Waals surface area (Å²) in [5.74, 6) is 1.68. The van der Waals surface area contributed by atoms with E-state index >= 15 is 0 Å². The zero-order chi connectivity index (χ0) is 21.2. The number of H-pyrrole nitrogens is 1. The number of hydrogen-bond acceptors (Lipinski definition) is 6. The van der Waals surface area contributed by atoms with E-state index in [2.05, 4.69) is 31.7 Å². The van der Waals surface area contributed by atoms with Gasteiger partial charge in [-0.05, 0) is 42.0 Å². The molecule has 0 aliphatic carbocycles. The standard InChI is InChI=1S/C22H19Cl2N5O2/c23-14-7-18(24)21(25-10-14)31-17-4-1-13(2-5-17)9-26-22-28-19-6-3-15(8-20(19)29-22)27-16-11-30-12-16/h1-8,10,16,27H,9,11-12H2,(H2,26,28,29). The number of nitrogens with zero attached hydrogens (tertiary/aromatic N) is 2. The second kappa shape index (κ2) is 8.63. The van der Waals surface area contributed by atoms with Crippen LogP contribution in [0, 0.1) is 0 Å². The monoisotopic (exact) mass is 455 g/mol. The van der Waals surface area contributed by atoms with Gasteiger partial charge < -0.3 is 25.1 Å². The van der Waals surface area contributed by atoms with Crippen molar-refractivity contribution in [1.82, 2.24) is 15.0 Å². The maximum atomic E-state index is 6.10. The largest absolute Gasteiger partial charge is 0.438 e. The van der Waals surface area contributed by atoms with Gasteiger partial charge in [-0.2, -0.15) is 0 Å². The third kappa shape index (κ3) is 4.69. The van der Waals surface area contributed by atoms with Crippen molar-refractivity contribution in [2.24, 2.45) is 0 Å². The number of rotatable bonds is 7. The van der Waals surface area contributed by atoms with Crippen LogP contribution in [0.25, 0.3) is 11.0 Å². The van der Waals surface area contributed by atoms with Crippen LogP contribution in [-0.2, 0) is 11.3 Å². The van der Waals surface area contributed by atoms with Crippen LogP contribution in [0.2, 0.25) is 10.0 Å². The molecule has 0 radical (unpaired) electrons. The van der Waals surface area contributed by atoms with Crippen molar-refractivity contribution in [2.75, 3.05) is 23.8 Å². The van der Waals surface area contributed by atoms with Crippen molar-refractivity contribution in [2.45, 2.75) is 12.6 Å². The molecule has 1 aliphatic rings. The van der Waals surface area contributed by atoms with Crippen LogP contribution in [0.4, 0.5) is 11.6 Å². The Bertz CT molecular complexity index is 1210. The lowest BCUT2D eigenvalue weighted by Crippen LogP contribution is -2.40. The first-order valence-corrected chi connectivity index (χ1v) is 10.5. The molecule has 2 aromatic heterocycles. The Kier molecular flexibility index (Phi) is 5.55. The molecule has 0 atom stereocenters. The molecular weight excluding hydrogens is 437 g/mol. The SMILES string of the molecule is Clc1cnc(Oc2ccc(CNc3nc4ccc(NC5COC5)cc4[nH]3)cc2)c(Cl)c1. The van der Waals surface area contributed by atoms with Crippen molar-refractivity contribution in [3.63, 3.8) is 0 Å². The normalized spacial score (nSPS) is 13.7. The third-order valence-corrected chi connectivity index (χ3v) is 5.34. The summed E-state index contributed by atoms with van der Waals surface area (Å²) in [6.45, 7) is 2.12. The molecule has 3 N–H and O–H groups in total. The van der Waals surface area contributed by atoms with Crippen LogP contribution in [0.15, 0.2) is 54.7 Å². The first-order valence-electron chi connectivity index (χ1n) is 9.78. The second-order valence-corrected chi connectivity index (χ2v) is 8.08. The number of imidazole rings is 1. The number of halogens is 2. The first kappa shape index (κ1) is 19.9. The number of anilines is 2. The van der Waals surface area contributed by atoms with Crippen molar-refractivity contribution < 1.29 is 9.47 Å². The van der Waals surface area contributed by atoms with Gasteiger partial charge in [-0.15, -0.1) is 0 Å². The van der Waals surface area contributed by atoms with Gasteiger partial charge in [0, 0.05) is 18.4 Å². The highest BCUT2D eigenvalue weighted by Crippen LogP contribution is 2.29. The maximum Gasteiger partial charge on any atom is 0.238 e. The van der Waals surface area contributed by atoms with E-state index in [1.165, 1.54) is 6.20 Å². The predicted molar refractivity (Wildman–Crippen MR) is 122 cm³/mol. The number of fused-ring (bicyclic) bond motifs is 1. The van der Waals surface area contributed by atoms with Gasteiger partial charge in [0.05, 0.1) is 35.3 Å². The van der Waals surface area contributed by atoms with Crippen molar-refractivity contribution in [3.05, 3.63) is 70.3 Å². The highest BCUT2D eigenvalue weighted by molar-refractivity contribution is 6.35. The summed E-state index contributed by atoms with van der Waals surface area (Å²) in [7, 11) is 0. The Balaban J connectivity index is 1.20. The lowest BCUT2D eigenvalue weighted by atomic mass is 10.2. The smallest absolute Gasteiger partial charge is 0.238 e. The van der Waals surface area contributed by atoms with Crippen LogP contribution in [0.3, 0.4) is 0 Å². The quantitative estimate of drug-likeness (QED) is 0.342. The summed E-state index contributed by atoms with van der Waals surface area (Å²) in [5.41, 5.74) is 4.02. The lowest BCUT2D eigenvalue weighted by Gasteiger charge is -2.27. The lowest BCUT2D eigenvalue weighted by molar-refractivity contribution is 0.0211. The molecule has 0 bridgehead atoms. The van der Waals surface area contributed by atoms with E-state index in [0.29, 0.717) is 34.3 Å². The molecule has 0 amide bonds. The fourth-order valence-electron chi connectivity index (χ4n) is 3.19. The van der Waals surface area contributed by atoms with Gasteiger partial charge >= 0.3 is 0 Å². The van der Waals surface area contributed by atoms with Crippen molar-refractivity contribution in [1.29, 1.82) is 0 Å². The topological polar surface area (TPSA) is 84.1 Å². The third-order valence-electron chi connectivity index (χ3n) is 4.86. The van der Waals surface area contributed by atoms with Gasteiger partial charge in [0.2, 0.25) is 11.8 Å². The van der Waals surface area contributed by atoms with E-state index in [-0.39, 0.29) is 0 Å². The van der Waals surface area contributed by atoms with Crippen LogP contribution >= 0.6 is 23.2 Å². The van der Waals surface area contributed by atoms with Crippen molar-refractivity contribution >= 4 is 45.9 Å². The second-order valence-electron chi connectivity index (χ2n) is 7.24. The van der Waals surface area contributed by atoms with Crippen molar-refractivity contribution in [3.8, 4) is 11.6 Å². The fourth-order valence-corrected chi connectivity index (χ4v) is 3.61. The summed E-state index contributed by atoms with van der Waals surface area (Å²) >= 11 is 12.0. The molecule has 3 heterocycles. The Morgan fingerprint density at radius 3 is 2.68 bits per heavy atom. The minimum Gasteiger partial charge on any atom is -0.438 e. The summed E-state index contributed by atoms with van der Waals surface area (Å²) in [4.78, 5) is 12.0. The average Bonchev–Trinajstić information content (AvgIpc) is 3.14. The molecule has 158 valence electrons. The van der Waals surface area contributed by atoms with Crippen LogP contribution in [-0.4, -0.2) is 34.2 Å². The van der Waals surface area contributed by atoms with Crippen LogP contribution in [0.1, 0.15) is 5.56 Å². The molecule has 31 heavy (non-hydrogen) atoms. The number of nitrogens with one attached hydrogen (secondary N) is 3. The minimum absolute atomic E-state index is 0.318. The molecule has 9 heteroatoms. The Hall–Kier alpha value is -3.00. The number of hydrogen-bond donors (Lipinski definition) is 3. The van der Waals surface area contributed by atoms with E-state index in [9.17, 15) is 0 Å². The van der Waals surface area contributed by atoms with E-state index in [1.807, 2.05) is 36.4 Å². The van der Waals surface area contributed by atoms with Gasteiger partial charge in [0.1, 0.15) is 10.8 Å². The average molecular weight is 456 g/mol. The minimum atomic E-state index is 0.318. The van der Waals surface area contributed by atoms with Gasteiger partial charge in [-0.1, -0.05) is 35.3 Å². The van der Waals surface area contributed by atoms with E-state index in [0.717, 1.165) is 41.4 Å². The summed E-state index contributed by atoms with van der Waals surface area (Å²) < 4.78 is 10.9. The van der Waals surface area contributed by atoms with E-state index in [4.69, 9.17) is 32.7 Å². The fraction of sp³-hybridized carbons (Fsp3) is 0.182. The Morgan fingerprint density at radius 1 is 1.10 bits per heavy atom. The molecule has 0 saturated carbocycles. The molecule has 1 saturated heterocycles. The summed E-state index contributed by atoms with van der Waals surface area (Å²) in [6, 6.07) is 15.7. The van der Waals surface area contributed by atoms with Gasteiger partial charge in [-0.25, -0.2) is 9.97 Å². The van der Waals surface area contributed by atoms with Crippen LogP contribution in [0.5, 0.6) is 11.6 Å². The maximum absolute atomic E-state index is 6.10. The predicted octanol–water partition coefficient (Wildman–Crippen LogP) is 5.48. The first-order chi connectivity index (χ1) is 15.1. The molecule has 1 aliphatic heterocycles. The van der Waals surface area contributed by atoms with Crippen LogP contribution < -0.4 is 15.4 Å². The number of benzene rings is 2.